The number of benzene rings is 1. The van der Waals surface area contributed by atoms with Crippen molar-refractivity contribution in [1.29, 1.82) is 0 Å². The van der Waals surface area contributed by atoms with Crippen LogP contribution in [0, 0.1) is 0 Å². The van der Waals surface area contributed by atoms with Gasteiger partial charge in [0.25, 0.3) is 5.91 Å². The van der Waals surface area contributed by atoms with Gasteiger partial charge < -0.3 is 15.8 Å². The third kappa shape index (κ3) is 3.55. The molecule has 0 aliphatic rings. The highest BCUT2D eigenvalue weighted by atomic mass is 16.5. The Bertz CT molecular complexity index is 582. The van der Waals surface area contributed by atoms with E-state index in [0.717, 1.165) is 5.56 Å². The molecule has 0 saturated heterocycles. The monoisotopic (exact) mass is 271 g/mol. The van der Waals surface area contributed by atoms with Gasteiger partial charge >= 0.3 is 0 Å². The summed E-state index contributed by atoms with van der Waals surface area (Å²) >= 11 is 0. The average Bonchev–Trinajstić information content (AvgIpc) is 2.48. The number of nitrogens with zero attached hydrogens (tertiary/aromatic N) is 1. The van der Waals surface area contributed by atoms with Gasteiger partial charge in [-0.25, -0.2) is 0 Å². The quantitative estimate of drug-likeness (QED) is 0.872. The van der Waals surface area contributed by atoms with Gasteiger partial charge in [0.05, 0.1) is 0 Å². The summed E-state index contributed by atoms with van der Waals surface area (Å²) in [6.07, 6.45) is 1.55. The van der Waals surface area contributed by atoms with Crippen LogP contribution in [0.15, 0.2) is 42.6 Å². The summed E-state index contributed by atoms with van der Waals surface area (Å²) in [4.78, 5) is 15.7. The molecule has 1 aromatic heterocycles. The molecule has 3 N–H and O–H groups in total. The number of hydrogen-bond donors (Lipinski definition) is 2. The topological polar surface area (TPSA) is 77.2 Å². The number of nitrogens with two attached hydrogens (primary N) is 1. The molecule has 104 valence electrons. The summed E-state index contributed by atoms with van der Waals surface area (Å²) in [5, 5.41) is 2.70. The van der Waals surface area contributed by atoms with E-state index in [1.165, 1.54) is 0 Å². The van der Waals surface area contributed by atoms with Crippen molar-refractivity contribution in [2.45, 2.75) is 13.5 Å². The van der Waals surface area contributed by atoms with Crippen molar-refractivity contribution in [3.63, 3.8) is 0 Å². The fraction of sp³-hybridized carbons (Fsp3) is 0.200. The van der Waals surface area contributed by atoms with Crippen LogP contribution in [0.2, 0.25) is 0 Å². The van der Waals surface area contributed by atoms with E-state index in [1.807, 2.05) is 31.2 Å². The van der Waals surface area contributed by atoms with Crippen molar-refractivity contribution in [2.24, 2.45) is 5.73 Å². The van der Waals surface area contributed by atoms with E-state index in [4.69, 9.17) is 10.5 Å². The molecule has 0 bridgehead atoms. The summed E-state index contributed by atoms with van der Waals surface area (Å²) in [6, 6.07) is 10.8. The van der Waals surface area contributed by atoms with Crippen LogP contribution in [0.4, 0.5) is 0 Å². The lowest BCUT2D eigenvalue weighted by Gasteiger charge is -2.07. The maximum absolute atomic E-state index is 11.7. The molecule has 5 heteroatoms. The van der Waals surface area contributed by atoms with Crippen molar-refractivity contribution in [3.05, 3.63) is 53.9 Å². The minimum Gasteiger partial charge on any atom is -0.457 e. The van der Waals surface area contributed by atoms with E-state index in [-0.39, 0.29) is 5.91 Å². The SMILES string of the molecule is CCNC(=O)c1cc(Oc2ccc(CN)cc2)ccn1. The third-order valence-electron chi connectivity index (χ3n) is 2.70. The van der Waals surface area contributed by atoms with Crippen LogP contribution in [-0.4, -0.2) is 17.4 Å². The molecule has 0 aliphatic heterocycles. The number of aromatic nitrogens is 1. The van der Waals surface area contributed by atoms with E-state index in [1.54, 1.807) is 18.3 Å². The van der Waals surface area contributed by atoms with Gasteiger partial charge in [-0.15, -0.1) is 0 Å². The maximum Gasteiger partial charge on any atom is 0.270 e. The molecule has 5 nitrogen and oxygen atoms in total. The molecule has 20 heavy (non-hydrogen) atoms. The minimum absolute atomic E-state index is 0.212. The van der Waals surface area contributed by atoms with Crippen LogP contribution in [0.5, 0.6) is 11.5 Å². The Morgan fingerprint density at radius 3 is 2.65 bits per heavy atom. The molecule has 0 unspecified atom stereocenters. The van der Waals surface area contributed by atoms with E-state index in [2.05, 4.69) is 10.3 Å². The smallest absolute Gasteiger partial charge is 0.270 e. The highest BCUT2D eigenvalue weighted by Crippen LogP contribution is 2.21. The van der Waals surface area contributed by atoms with Gasteiger partial charge in [-0.05, 0) is 30.7 Å². The summed E-state index contributed by atoms with van der Waals surface area (Å²) < 4.78 is 5.69. The zero-order chi connectivity index (χ0) is 14.4. The van der Waals surface area contributed by atoms with Gasteiger partial charge in [-0.3, -0.25) is 9.78 Å². The lowest BCUT2D eigenvalue weighted by Crippen LogP contribution is -2.23. The molecule has 0 fully saturated rings. The zero-order valence-electron chi connectivity index (χ0n) is 11.3. The summed E-state index contributed by atoms with van der Waals surface area (Å²) in [5.74, 6) is 1.05. The van der Waals surface area contributed by atoms with E-state index in [0.29, 0.717) is 30.3 Å². The van der Waals surface area contributed by atoms with Gasteiger partial charge in [-0.1, -0.05) is 12.1 Å². The lowest BCUT2D eigenvalue weighted by molar-refractivity contribution is 0.0950. The first-order valence-electron chi connectivity index (χ1n) is 6.44. The molecule has 0 saturated carbocycles. The molecule has 0 radical (unpaired) electrons. The normalized spacial score (nSPS) is 10.1. The first kappa shape index (κ1) is 14.0. The lowest BCUT2D eigenvalue weighted by atomic mass is 10.2. The van der Waals surface area contributed by atoms with Gasteiger partial charge in [0.2, 0.25) is 0 Å². The summed E-state index contributed by atoms with van der Waals surface area (Å²) in [6.45, 7) is 2.92. The van der Waals surface area contributed by atoms with Crippen molar-refractivity contribution in [1.82, 2.24) is 10.3 Å². The van der Waals surface area contributed by atoms with Crippen LogP contribution in [0.3, 0.4) is 0 Å². The number of amides is 1. The Kier molecular flexibility index (Phi) is 4.68. The third-order valence-corrected chi connectivity index (χ3v) is 2.70. The molecule has 2 aromatic rings. The Balaban J connectivity index is 2.12. The summed E-state index contributed by atoms with van der Waals surface area (Å²) in [5.41, 5.74) is 6.91. The van der Waals surface area contributed by atoms with Crippen LogP contribution in [-0.2, 0) is 6.54 Å². The highest BCUT2D eigenvalue weighted by molar-refractivity contribution is 5.92. The molecule has 2 rings (SSSR count). The van der Waals surface area contributed by atoms with Crippen molar-refractivity contribution >= 4 is 5.91 Å². The van der Waals surface area contributed by atoms with Crippen LogP contribution in [0.1, 0.15) is 23.0 Å². The van der Waals surface area contributed by atoms with E-state index < -0.39 is 0 Å². The summed E-state index contributed by atoms with van der Waals surface area (Å²) in [7, 11) is 0. The van der Waals surface area contributed by atoms with Crippen molar-refractivity contribution in [2.75, 3.05) is 6.54 Å². The number of carbonyl (C=O) groups excluding carboxylic acids is 1. The Labute approximate surface area is 117 Å². The second-order valence-electron chi connectivity index (χ2n) is 4.19. The number of ether oxygens (including phenoxy) is 1. The average molecular weight is 271 g/mol. The van der Waals surface area contributed by atoms with Crippen molar-refractivity contribution < 1.29 is 9.53 Å². The Morgan fingerprint density at radius 2 is 2.00 bits per heavy atom. The molecule has 0 spiro atoms. The van der Waals surface area contributed by atoms with E-state index >= 15 is 0 Å². The molecule has 1 amide bonds. The number of carbonyl (C=O) groups is 1. The predicted octanol–water partition coefficient (Wildman–Crippen LogP) is 2.08. The number of rotatable bonds is 5. The second kappa shape index (κ2) is 6.68. The zero-order valence-corrected chi connectivity index (χ0v) is 11.3. The van der Waals surface area contributed by atoms with Crippen LogP contribution < -0.4 is 15.8 Å². The second-order valence-corrected chi connectivity index (χ2v) is 4.19. The first-order chi connectivity index (χ1) is 9.72. The Hall–Kier alpha value is -2.40. The van der Waals surface area contributed by atoms with Crippen molar-refractivity contribution in [3.8, 4) is 11.5 Å². The number of nitrogens with one attached hydrogen (secondary N) is 1. The van der Waals surface area contributed by atoms with Crippen LogP contribution in [0.25, 0.3) is 0 Å². The standard InChI is InChI=1S/C15H17N3O2/c1-2-17-15(19)14-9-13(7-8-18-14)20-12-5-3-11(10-16)4-6-12/h3-9H,2,10,16H2,1H3,(H,17,19). The molecular formula is C15H17N3O2. The molecule has 1 heterocycles. The fourth-order valence-corrected chi connectivity index (χ4v) is 1.68. The number of hydrogen-bond acceptors (Lipinski definition) is 4. The van der Waals surface area contributed by atoms with Gasteiger partial charge in [0.1, 0.15) is 17.2 Å². The highest BCUT2D eigenvalue weighted by Gasteiger charge is 2.07. The van der Waals surface area contributed by atoms with Gasteiger partial charge in [-0.2, -0.15) is 0 Å². The van der Waals surface area contributed by atoms with E-state index in [9.17, 15) is 4.79 Å². The first-order valence-corrected chi connectivity index (χ1v) is 6.44. The fourth-order valence-electron chi connectivity index (χ4n) is 1.68. The predicted molar refractivity (Wildman–Crippen MR) is 76.7 cm³/mol. The number of pyridine rings is 1. The largest absolute Gasteiger partial charge is 0.457 e. The Morgan fingerprint density at radius 1 is 1.25 bits per heavy atom. The minimum atomic E-state index is -0.212. The van der Waals surface area contributed by atoms with Gasteiger partial charge in [0.15, 0.2) is 0 Å². The maximum atomic E-state index is 11.7. The molecular weight excluding hydrogens is 254 g/mol. The molecule has 1 aromatic carbocycles. The van der Waals surface area contributed by atoms with Gasteiger partial charge in [0, 0.05) is 25.4 Å². The van der Waals surface area contributed by atoms with Crippen LogP contribution >= 0.6 is 0 Å². The molecule has 0 aliphatic carbocycles. The molecule has 0 atom stereocenters.